The van der Waals surface area contributed by atoms with Gasteiger partial charge in [-0.25, -0.2) is 4.79 Å². The van der Waals surface area contributed by atoms with Crippen molar-refractivity contribution in [2.75, 3.05) is 43.9 Å². The molecule has 1 fully saturated rings. The molecule has 0 atom stereocenters. The van der Waals surface area contributed by atoms with E-state index in [2.05, 4.69) is 29.0 Å². The number of piperazine rings is 1. The Balaban J connectivity index is 1.91. The average molecular weight is 339 g/mol. The Bertz CT molecular complexity index is 738. The third kappa shape index (κ3) is 3.94. The van der Waals surface area contributed by atoms with E-state index in [1.165, 1.54) is 5.56 Å². The summed E-state index contributed by atoms with van der Waals surface area (Å²) in [6.45, 7) is 3.86. The fourth-order valence-corrected chi connectivity index (χ4v) is 3.36. The number of benzene rings is 2. The lowest BCUT2D eigenvalue weighted by Crippen LogP contribution is -2.45. The molecule has 25 heavy (non-hydrogen) atoms. The van der Waals surface area contributed by atoms with Crippen LogP contribution in [0.25, 0.3) is 0 Å². The van der Waals surface area contributed by atoms with Crippen molar-refractivity contribution in [3.05, 3.63) is 59.2 Å². The summed E-state index contributed by atoms with van der Waals surface area (Å²) in [5.74, 6) is -0.969. The summed E-state index contributed by atoms with van der Waals surface area (Å²) in [5.41, 5.74) is 10.1. The molecule has 1 saturated heterocycles. The predicted octanol–water partition coefficient (Wildman–Crippen LogP) is 2.50. The normalized spacial score (nSPS) is 15.3. The number of nitrogen functional groups attached to an aromatic ring is 1. The molecule has 0 bridgehead atoms. The highest BCUT2D eigenvalue weighted by Crippen LogP contribution is 2.31. The molecule has 0 spiro atoms. The Hall–Kier alpha value is -2.53. The minimum Gasteiger partial charge on any atom is -0.478 e. The molecule has 0 unspecified atom stereocenters. The van der Waals surface area contributed by atoms with Crippen LogP contribution in [0.4, 0.5) is 11.4 Å². The van der Waals surface area contributed by atoms with Gasteiger partial charge in [-0.1, -0.05) is 30.3 Å². The van der Waals surface area contributed by atoms with Gasteiger partial charge in [-0.15, -0.1) is 0 Å². The summed E-state index contributed by atoms with van der Waals surface area (Å²) in [7, 11) is 2.12. The molecule has 0 saturated carbocycles. The number of anilines is 2. The first kappa shape index (κ1) is 17.3. The Morgan fingerprint density at radius 3 is 2.36 bits per heavy atom. The largest absolute Gasteiger partial charge is 0.478 e. The molecule has 132 valence electrons. The van der Waals surface area contributed by atoms with Crippen LogP contribution >= 0.6 is 0 Å². The minimum absolute atomic E-state index is 0.195. The maximum atomic E-state index is 11.5. The van der Waals surface area contributed by atoms with Crippen molar-refractivity contribution >= 4 is 17.3 Å². The van der Waals surface area contributed by atoms with E-state index in [9.17, 15) is 9.90 Å². The van der Waals surface area contributed by atoms with Crippen LogP contribution in [-0.4, -0.2) is 49.2 Å². The zero-order valence-corrected chi connectivity index (χ0v) is 14.6. The van der Waals surface area contributed by atoms with Gasteiger partial charge >= 0.3 is 5.97 Å². The third-order valence-corrected chi connectivity index (χ3v) is 4.91. The zero-order chi connectivity index (χ0) is 17.8. The van der Waals surface area contributed by atoms with E-state index in [0.29, 0.717) is 5.69 Å². The smallest absolute Gasteiger partial charge is 0.337 e. The molecule has 1 aliphatic rings. The van der Waals surface area contributed by atoms with E-state index in [4.69, 9.17) is 5.73 Å². The van der Waals surface area contributed by atoms with Crippen molar-refractivity contribution in [2.24, 2.45) is 0 Å². The molecule has 0 radical (unpaired) electrons. The van der Waals surface area contributed by atoms with Gasteiger partial charge in [0.2, 0.25) is 0 Å². The number of carbonyl (C=O) groups is 1. The van der Waals surface area contributed by atoms with E-state index >= 15 is 0 Å². The Morgan fingerprint density at radius 1 is 1.04 bits per heavy atom. The topological polar surface area (TPSA) is 69.8 Å². The number of nitrogens with zero attached hydrogens (tertiary/aromatic N) is 2. The van der Waals surface area contributed by atoms with Crippen LogP contribution < -0.4 is 10.6 Å². The molecule has 0 aliphatic carbocycles. The monoisotopic (exact) mass is 339 g/mol. The van der Waals surface area contributed by atoms with Gasteiger partial charge in [0.15, 0.2) is 0 Å². The molecular weight excluding hydrogens is 314 g/mol. The fraction of sp³-hybridized carbons (Fsp3) is 0.350. The predicted molar refractivity (Wildman–Crippen MR) is 101 cm³/mol. The molecule has 2 aromatic carbocycles. The second kappa shape index (κ2) is 7.57. The van der Waals surface area contributed by atoms with Crippen LogP contribution in [0.3, 0.4) is 0 Å². The Kier molecular flexibility index (Phi) is 5.24. The lowest BCUT2D eigenvalue weighted by Gasteiger charge is -2.35. The van der Waals surface area contributed by atoms with E-state index in [1.54, 1.807) is 6.07 Å². The summed E-state index contributed by atoms with van der Waals surface area (Å²) in [6, 6.07) is 13.8. The molecule has 0 aromatic heterocycles. The maximum absolute atomic E-state index is 11.5. The number of aryl methyl sites for hydroxylation is 1. The number of likely N-dealkylation sites (N-methyl/N-ethyl adjacent to an activating group) is 1. The van der Waals surface area contributed by atoms with Crippen molar-refractivity contribution in [3.63, 3.8) is 0 Å². The summed E-state index contributed by atoms with van der Waals surface area (Å²) in [5, 5.41) is 9.41. The zero-order valence-electron chi connectivity index (χ0n) is 14.6. The average Bonchev–Trinajstić information content (AvgIpc) is 2.62. The van der Waals surface area contributed by atoms with Gasteiger partial charge in [0.25, 0.3) is 0 Å². The number of hydrogen-bond donors (Lipinski definition) is 2. The Labute approximate surface area is 148 Å². The number of aromatic carboxylic acids is 1. The molecule has 0 amide bonds. The number of carboxylic acids is 1. The van der Waals surface area contributed by atoms with E-state index in [-0.39, 0.29) is 5.56 Å². The number of rotatable bonds is 5. The molecule has 3 rings (SSSR count). The molecular formula is C20H25N3O2. The summed E-state index contributed by atoms with van der Waals surface area (Å²) in [6.07, 6.45) is 1.58. The first-order chi connectivity index (χ1) is 12.1. The van der Waals surface area contributed by atoms with Gasteiger partial charge in [-0.2, -0.15) is 0 Å². The van der Waals surface area contributed by atoms with Crippen LogP contribution in [0.5, 0.6) is 0 Å². The van der Waals surface area contributed by atoms with Crippen LogP contribution in [0.15, 0.2) is 42.5 Å². The highest BCUT2D eigenvalue weighted by atomic mass is 16.4. The number of nitrogens with two attached hydrogens (primary N) is 1. The lowest BCUT2D eigenvalue weighted by atomic mass is 9.97. The van der Waals surface area contributed by atoms with Gasteiger partial charge in [-0.05, 0) is 43.1 Å². The van der Waals surface area contributed by atoms with Crippen molar-refractivity contribution < 1.29 is 9.90 Å². The SMILES string of the molecule is CN1CCN(c2ccc(C(=O)O)c(N)c2CCc2ccccc2)CC1. The second-order valence-corrected chi connectivity index (χ2v) is 6.61. The van der Waals surface area contributed by atoms with Crippen molar-refractivity contribution in [1.29, 1.82) is 0 Å². The van der Waals surface area contributed by atoms with E-state index in [1.807, 2.05) is 24.3 Å². The van der Waals surface area contributed by atoms with E-state index in [0.717, 1.165) is 50.3 Å². The van der Waals surface area contributed by atoms with Gasteiger partial charge < -0.3 is 20.6 Å². The maximum Gasteiger partial charge on any atom is 0.337 e. The fourth-order valence-electron chi connectivity index (χ4n) is 3.36. The van der Waals surface area contributed by atoms with Gasteiger partial charge in [0.1, 0.15) is 0 Å². The minimum atomic E-state index is -0.969. The van der Waals surface area contributed by atoms with Crippen LogP contribution in [0.2, 0.25) is 0 Å². The molecule has 1 aliphatic heterocycles. The van der Waals surface area contributed by atoms with Crippen LogP contribution in [0.1, 0.15) is 21.5 Å². The van der Waals surface area contributed by atoms with Crippen molar-refractivity contribution in [1.82, 2.24) is 4.90 Å². The second-order valence-electron chi connectivity index (χ2n) is 6.61. The van der Waals surface area contributed by atoms with Crippen molar-refractivity contribution in [2.45, 2.75) is 12.8 Å². The molecule has 5 nitrogen and oxygen atoms in total. The lowest BCUT2D eigenvalue weighted by molar-refractivity contribution is 0.0698. The quantitative estimate of drug-likeness (QED) is 0.819. The highest BCUT2D eigenvalue weighted by molar-refractivity contribution is 5.96. The standard InChI is InChI=1S/C20H25N3O2/c1-22-11-13-23(14-12-22)18-10-9-17(20(24)25)19(21)16(18)8-7-15-5-3-2-4-6-15/h2-6,9-10H,7-8,11-14,21H2,1H3,(H,24,25). The molecule has 5 heteroatoms. The number of carboxylic acid groups (broad SMARTS) is 1. The van der Waals surface area contributed by atoms with Gasteiger partial charge in [-0.3, -0.25) is 0 Å². The summed E-state index contributed by atoms with van der Waals surface area (Å²) in [4.78, 5) is 16.1. The van der Waals surface area contributed by atoms with Crippen LogP contribution in [-0.2, 0) is 12.8 Å². The van der Waals surface area contributed by atoms with E-state index < -0.39 is 5.97 Å². The third-order valence-electron chi connectivity index (χ3n) is 4.91. The van der Waals surface area contributed by atoms with Crippen LogP contribution in [0, 0.1) is 0 Å². The summed E-state index contributed by atoms with van der Waals surface area (Å²) >= 11 is 0. The van der Waals surface area contributed by atoms with Gasteiger partial charge in [0, 0.05) is 31.9 Å². The highest BCUT2D eigenvalue weighted by Gasteiger charge is 2.21. The first-order valence-corrected chi connectivity index (χ1v) is 8.68. The summed E-state index contributed by atoms with van der Waals surface area (Å²) < 4.78 is 0. The van der Waals surface area contributed by atoms with Gasteiger partial charge in [0.05, 0.1) is 11.3 Å². The molecule has 2 aromatic rings. The Morgan fingerprint density at radius 2 is 1.72 bits per heavy atom. The number of hydrogen-bond acceptors (Lipinski definition) is 4. The molecule has 3 N–H and O–H groups in total. The first-order valence-electron chi connectivity index (χ1n) is 8.68. The molecule has 1 heterocycles. The van der Waals surface area contributed by atoms with Crippen molar-refractivity contribution in [3.8, 4) is 0 Å².